The maximum Gasteiger partial charge on any atom is 0.226 e. The van der Waals surface area contributed by atoms with Crippen LogP contribution in [0.15, 0.2) is 46.1 Å². The Hall–Kier alpha value is -2.81. The number of methoxy groups -OCH3 is 1. The van der Waals surface area contributed by atoms with Gasteiger partial charge in [-0.05, 0) is 35.7 Å². The van der Waals surface area contributed by atoms with Gasteiger partial charge in [0.25, 0.3) is 0 Å². The lowest BCUT2D eigenvalue weighted by Crippen LogP contribution is -2.02. The number of benzene rings is 1. The van der Waals surface area contributed by atoms with Gasteiger partial charge in [-0.1, -0.05) is 11.2 Å². The fourth-order valence-electron chi connectivity index (χ4n) is 2.62. The minimum Gasteiger partial charge on any atom is -0.495 e. The number of rotatable bonds is 7. The lowest BCUT2D eigenvalue weighted by Gasteiger charge is -2.08. The molecule has 142 valence electrons. The van der Waals surface area contributed by atoms with Gasteiger partial charge in [-0.2, -0.15) is 4.98 Å². The molecule has 0 aliphatic carbocycles. The standard InChI is InChI=1S/C18H18FN3O4S/c1-25-15-8-12(3-5-16(15)27(2,23)24)9-17-21-18(26-22-17)6-4-13-7-14(19)11-20-10-13/h3,5,7-8,10-11H,4,6,9H2,1-2H3. The molecule has 2 aromatic heterocycles. The molecule has 0 fully saturated rings. The van der Waals surface area contributed by atoms with E-state index >= 15 is 0 Å². The monoisotopic (exact) mass is 391 g/mol. The first-order valence-corrected chi connectivity index (χ1v) is 10.0. The molecular weight excluding hydrogens is 373 g/mol. The summed E-state index contributed by atoms with van der Waals surface area (Å²) in [6.45, 7) is 0. The molecule has 3 rings (SSSR count). The summed E-state index contributed by atoms with van der Waals surface area (Å²) in [7, 11) is -1.96. The van der Waals surface area contributed by atoms with E-state index in [2.05, 4.69) is 15.1 Å². The topological polar surface area (TPSA) is 95.2 Å². The molecule has 2 heterocycles. The molecule has 9 heteroatoms. The summed E-state index contributed by atoms with van der Waals surface area (Å²) in [5.74, 6) is 0.799. The minimum atomic E-state index is -3.37. The number of hydrogen-bond acceptors (Lipinski definition) is 7. The van der Waals surface area contributed by atoms with Crippen molar-refractivity contribution in [1.82, 2.24) is 15.1 Å². The zero-order valence-electron chi connectivity index (χ0n) is 14.8. The average molecular weight is 391 g/mol. The van der Waals surface area contributed by atoms with Crippen LogP contribution < -0.4 is 4.74 Å². The number of halogens is 1. The lowest BCUT2D eigenvalue weighted by atomic mass is 10.1. The first-order chi connectivity index (χ1) is 12.8. The van der Waals surface area contributed by atoms with Crippen LogP contribution in [0.4, 0.5) is 4.39 Å². The van der Waals surface area contributed by atoms with Gasteiger partial charge in [0, 0.05) is 25.3 Å². The first-order valence-electron chi connectivity index (χ1n) is 8.13. The van der Waals surface area contributed by atoms with Crippen LogP contribution in [0.5, 0.6) is 5.75 Å². The van der Waals surface area contributed by atoms with Crippen molar-refractivity contribution in [1.29, 1.82) is 0 Å². The zero-order valence-corrected chi connectivity index (χ0v) is 15.7. The van der Waals surface area contributed by atoms with Crippen molar-refractivity contribution in [2.45, 2.75) is 24.2 Å². The summed E-state index contributed by atoms with van der Waals surface area (Å²) < 4.78 is 47.0. The van der Waals surface area contributed by atoms with Gasteiger partial charge in [-0.3, -0.25) is 4.98 Å². The highest BCUT2D eigenvalue weighted by Crippen LogP contribution is 2.25. The van der Waals surface area contributed by atoms with E-state index in [0.29, 0.717) is 31.0 Å². The molecule has 0 unspecified atom stereocenters. The number of aromatic nitrogens is 3. The predicted octanol–water partition coefficient (Wildman–Crippen LogP) is 2.39. The Morgan fingerprint density at radius 3 is 2.67 bits per heavy atom. The summed E-state index contributed by atoms with van der Waals surface area (Å²) in [6, 6.07) is 6.25. The Labute approximate surface area is 156 Å². The fourth-order valence-corrected chi connectivity index (χ4v) is 3.44. The predicted molar refractivity (Wildman–Crippen MR) is 94.8 cm³/mol. The molecule has 0 radical (unpaired) electrons. The van der Waals surface area contributed by atoms with E-state index in [9.17, 15) is 12.8 Å². The third-order valence-corrected chi connectivity index (χ3v) is 5.03. The van der Waals surface area contributed by atoms with Crippen LogP contribution in [0, 0.1) is 5.82 Å². The quantitative estimate of drug-likeness (QED) is 0.610. The number of aryl methyl sites for hydroxylation is 2. The number of nitrogens with zero attached hydrogens (tertiary/aromatic N) is 3. The number of sulfone groups is 1. The normalized spacial score (nSPS) is 11.5. The van der Waals surface area contributed by atoms with E-state index in [1.165, 1.54) is 19.2 Å². The van der Waals surface area contributed by atoms with E-state index in [4.69, 9.17) is 9.26 Å². The van der Waals surface area contributed by atoms with Crippen LogP contribution in [-0.2, 0) is 29.1 Å². The lowest BCUT2D eigenvalue weighted by molar-refractivity contribution is 0.373. The van der Waals surface area contributed by atoms with Gasteiger partial charge in [0.1, 0.15) is 16.5 Å². The summed E-state index contributed by atoms with van der Waals surface area (Å²) in [4.78, 5) is 8.25. The van der Waals surface area contributed by atoms with Gasteiger partial charge in [-0.25, -0.2) is 12.8 Å². The van der Waals surface area contributed by atoms with Gasteiger partial charge in [0.2, 0.25) is 5.89 Å². The van der Waals surface area contributed by atoms with E-state index < -0.39 is 9.84 Å². The number of pyridine rings is 1. The Morgan fingerprint density at radius 2 is 1.96 bits per heavy atom. The molecule has 1 aromatic carbocycles. The molecule has 0 amide bonds. The second-order valence-corrected chi connectivity index (χ2v) is 8.03. The fraction of sp³-hybridized carbons (Fsp3) is 0.278. The van der Waals surface area contributed by atoms with Crippen LogP contribution in [0.3, 0.4) is 0 Å². The molecule has 0 saturated carbocycles. The Morgan fingerprint density at radius 1 is 1.15 bits per heavy atom. The minimum absolute atomic E-state index is 0.131. The third kappa shape index (κ3) is 4.88. The zero-order chi connectivity index (χ0) is 19.4. The van der Waals surface area contributed by atoms with Crippen molar-refractivity contribution < 1.29 is 22.1 Å². The largest absolute Gasteiger partial charge is 0.495 e. The van der Waals surface area contributed by atoms with Gasteiger partial charge in [0.05, 0.1) is 13.3 Å². The Kier molecular flexibility index (Phi) is 5.50. The SMILES string of the molecule is COc1cc(Cc2noc(CCc3cncc(F)c3)n2)ccc1S(C)(=O)=O. The number of ether oxygens (including phenoxy) is 1. The molecule has 3 aromatic rings. The first kappa shape index (κ1) is 19.0. The molecule has 0 atom stereocenters. The molecule has 0 aliphatic heterocycles. The van der Waals surface area contributed by atoms with Gasteiger partial charge in [-0.15, -0.1) is 0 Å². The maximum atomic E-state index is 13.1. The summed E-state index contributed by atoms with van der Waals surface area (Å²) in [6.07, 6.45) is 5.24. The molecule has 7 nitrogen and oxygen atoms in total. The highest BCUT2D eigenvalue weighted by Gasteiger charge is 2.15. The van der Waals surface area contributed by atoms with Gasteiger partial charge >= 0.3 is 0 Å². The summed E-state index contributed by atoms with van der Waals surface area (Å²) >= 11 is 0. The third-order valence-electron chi connectivity index (χ3n) is 3.89. The molecule has 0 N–H and O–H groups in total. The highest BCUT2D eigenvalue weighted by atomic mass is 32.2. The van der Waals surface area contributed by atoms with Crippen molar-refractivity contribution in [3.63, 3.8) is 0 Å². The Bertz CT molecular complexity index is 1050. The Balaban J connectivity index is 1.68. The van der Waals surface area contributed by atoms with Gasteiger partial charge < -0.3 is 9.26 Å². The van der Waals surface area contributed by atoms with Crippen LogP contribution in [0.25, 0.3) is 0 Å². The van der Waals surface area contributed by atoms with Crippen LogP contribution >= 0.6 is 0 Å². The molecule has 0 spiro atoms. The average Bonchev–Trinajstić information content (AvgIpc) is 3.06. The van der Waals surface area contributed by atoms with Crippen molar-refractivity contribution in [2.75, 3.05) is 13.4 Å². The van der Waals surface area contributed by atoms with Crippen LogP contribution in [0.2, 0.25) is 0 Å². The second kappa shape index (κ2) is 7.83. The van der Waals surface area contributed by atoms with Crippen molar-refractivity contribution in [3.8, 4) is 5.75 Å². The van der Waals surface area contributed by atoms with E-state index in [0.717, 1.165) is 23.6 Å². The second-order valence-electron chi connectivity index (χ2n) is 6.05. The van der Waals surface area contributed by atoms with Crippen LogP contribution in [-0.4, -0.2) is 36.9 Å². The van der Waals surface area contributed by atoms with Crippen molar-refractivity contribution in [2.24, 2.45) is 0 Å². The molecule has 27 heavy (non-hydrogen) atoms. The molecular formula is C18H18FN3O4S. The van der Waals surface area contributed by atoms with Crippen LogP contribution in [0.1, 0.15) is 22.8 Å². The molecule has 0 bridgehead atoms. The van der Waals surface area contributed by atoms with Crippen molar-refractivity contribution in [3.05, 3.63) is 65.3 Å². The summed E-state index contributed by atoms with van der Waals surface area (Å²) in [5.41, 5.74) is 1.54. The van der Waals surface area contributed by atoms with Gasteiger partial charge in [0.15, 0.2) is 15.7 Å². The van der Waals surface area contributed by atoms with Crippen molar-refractivity contribution >= 4 is 9.84 Å². The highest BCUT2D eigenvalue weighted by molar-refractivity contribution is 7.90. The van der Waals surface area contributed by atoms with E-state index in [1.807, 2.05) is 0 Å². The maximum absolute atomic E-state index is 13.1. The molecule has 0 saturated heterocycles. The molecule has 0 aliphatic rings. The van der Waals surface area contributed by atoms with E-state index in [1.54, 1.807) is 18.3 Å². The van der Waals surface area contributed by atoms with E-state index in [-0.39, 0.29) is 16.5 Å². The number of hydrogen-bond donors (Lipinski definition) is 0. The summed E-state index contributed by atoms with van der Waals surface area (Å²) in [5, 5.41) is 3.93. The smallest absolute Gasteiger partial charge is 0.226 e.